The second kappa shape index (κ2) is 6.77. The van der Waals surface area contributed by atoms with Crippen molar-refractivity contribution in [3.8, 4) is 0 Å². The molecule has 0 unspecified atom stereocenters. The lowest BCUT2D eigenvalue weighted by Gasteiger charge is -2.31. The van der Waals surface area contributed by atoms with Crippen molar-refractivity contribution in [1.82, 2.24) is 10.2 Å². The Morgan fingerprint density at radius 1 is 1.12 bits per heavy atom. The summed E-state index contributed by atoms with van der Waals surface area (Å²) in [7, 11) is 0. The number of hydrogen-bond donors (Lipinski definition) is 1. The van der Waals surface area contributed by atoms with Crippen molar-refractivity contribution in [2.24, 2.45) is 0 Å². The van der Waals surface area contributed by atoms with Gasteiger partial charge in [0.05, 0.1) is 0 Å². The Labute approximate surface area is 105 Å². The molecule has 1 aliphatic rings. The van der Waals surface area contributed by atoms with Crippen molar-refractivity contribution < 1.29 is 0 Å². The molecule has 2 rings (SSSR count). The lowest BCUT2D eigenvalue weighted by atomic mass is 10.0. The first-order valence-corrected chi connectivity index (χ1v) is 6.91. The van der Waals surface area contributed by atoms with Crippen LogP contribution in [0.3, 0.4) is 0 Å². The van der Waals surface area contributed by atoms with E-state index in [-0.39, 0.29) is 0 Å². The Balaban J connectivity index is 1.96. The van der Waals surface area contributed by atoms with Crippen LogP contribution in [0.15, 0.2) is 30.3 Å². The van der Waals surface area contributed by atoms with Gasteiger partial charge in [0.1, 0.15) is 0 Å². The Bertz CT molecular complexity index is 304. The highest BCUT2D eigenvalue weighted by Gasteiger charge is 2.16. The minimum Gasteiger partial charge on any atom is -0.309 e. The van der Waals surface area contributed by atoms with Crippen molar-refractivity contribution >= 4 is 0 Å². The predicted octanol–water partition coefficient (Wildman–Crippen LogP) is 2.82. The van der Waals surface area contributed by atoms with Gasteiger partial charge in [-0.15, -0.1) is 0 Å². The summed E-state index contributed by atoms with van der Waals surface area (Å²) in [4.78, 5) is 2.60. The smallest absolute Gasteiger partial charge is 0.0449 e. The van der Waals surface area contributed by atoms with Gasteiger partial charge in [0, 0.05) is 12.6 Å². The molecule has 0 amide bonds. The highest BCUT2D eigenvalue weighted by atomic mass is 15.1. The first kappa shape index (κ1) is 12.6. The molecule has 2 heteroatoms. The maximum Gasteiger partial charge on any atom is 0.0449 e. The van der Waals surface area contributed by atoms with Crippen molar-refractivity contribution in [3.63, 3.8) is 0 Å². The van der Waals surface area contributed by atoms with E-state index in [0.717, 1.165) is 13.1 Å². The number of nitrogens with zero attached hydrogens (tertiary/aromatic N) is 1. The van der Waals surface area contributed by atoms with Gasteiger partial charge in [-0.1, -0.05) is 43.7 Å². The molecule has 1 aliphatic heterocycles. The third kappa shape index (κ3) is 3.83. The van der Waals surface area contributed by atoms with E-state index in [1.807, 2.05) is 0 Å². The Kier molecular flexibility index (Phi) is 5.02. The maximum absolute atomic E-state index is 3.60. The van der Waals surface area contributed by atoms with Gasteiger partial charge in [-0.05, 0) is 38.0 Å². The molecule has 1 N–H and O–H groups in total. The topological polar surface area (TPSA) is 15.3 Å². The van der Waals surface area contributed by atoms with Gasteiger partial charge < -0.3 is 10.2 Å². The van der Waals surface area contributed by atoms with Crippen LogP contribution in [0.4, 0.5) is 0 Å². The largest absolute Gasteiger partial charge is 0.309 e. The van der Waals surface area contributed by atoms with E-state index in [1.54, 1.807) is 0 Å². The zero-order valence-electron chi connectivity index (χ0n) is 10.9. The molecule has 1 heterocycles. The monoisotopic (exact) mass is 232 g/mol. The predicted molar refractivity (Wildman–Crippen MR) is 73.2 cm³/mol. The third-order valence-corrected chi connectivity index (χ3v) is 3.54. The zero-order chi connectivity index (χ0) is 11.9. The fraction of sp³-hybridized carbons (Fsp3) is 0.600. The molecule has 1 saturated heterocycles. The third-order valence-electron chi connectivity index (χ3n) is 3.54. The molecule has 0 aromatic heterocycles. The number of likely N-dealkylation sites (N-methyl/N-ethyl adjacent to an activating group) is 1. The average Bonchev–Trinajstić information content (AvgIpc) is 2.40. The molecule has 17 heavy (non-hydrogen) atoms. The summed E-state index contributed by atoms with van der Waals surface area (Å²) >= 11 is 0. The second-order valence-electron chi connectivity index (χ2n) is 4.88. The number of piperidine rings is 1. The van der Waals surface area contributed by atoms with Crippen LogP contribution in [-0.2, 0) is 0 Å². The van der Waals surface area contributed by atoms with Crippen LogP contribution in [-0.4, -0.2) is 31.1 Å². The van der Waals surface area contributed by atoms with Crippen LogP contribution < -0.4 is 5.32 Å². The number of nitrogens with one attached hydrogen (secondary N) is 1. The number of benzene rings is 1. The molecule has 1 atom stereocenters. The molecule has 0 saturated carbocycles. The van der Waals surface area contributed by atoms with Gasteiger partial charge in [0.25, 0.3) is 0 Å². The second-order valence-corrected chi connectivity index (χ2v) is 4.88. The summed E-state index contributed by atoms with van der Waals surface area (Å²) in [6.45, 7) is 6.92. The van der Waals surface area contributed by atoms with Gasteiger partial charge in [0.2, 0.25) is 0 Å². The zero-order valence-corrected chi connectivity index (χ0v) is 10.9. The molecule has 0 radical (unpaired) electrons. The minimum absolute atomic E-state index is 0.485. The van der Waals surface area contributed by atoms with Gasteiger partial charge in [-0.25, -0.2) is 0 Å². The number of likely N-dealkylation sites (tertiary alicyclic amines) is 1. The maximum atomic E-state index is 3.60. The summed E-state index contributed by atoms with van der Waals surface area (Å²) in [6.07, 6.45) is 4.15. The molecule has 0 bridgehead atoms. The highest BCUT2D eigenvalue weighted by Crippen LogP contribution is 2.17. The van der Waals surface area contributed by atoms with E-state index in [2.05, 4.69) is 47.5 Å². The molecule has 1 aromatic carbocycles. The fourth-order valence-electron chi connectivity index (χ4n) is 2.62. The molecular weight excluding hydrogens is 208 g/mol. The molecule has 2 nitrogen and oxygen atoms in total. The SMILES string of the molecule is CCN[C@@H](CN1CCCCC1)c1ccccc1. The summed E-state index contributed by atoms with van der Waals surface area (Å²) < 4.78 is 0. The molecule has 1 fully saturated rings. The lowest BCUT2D eigenvalue weighted by Crippen LogP contribution is -2.38. The molecule has 0 spiro atoms. The fourth-order valence-corrected chi connectivity index (χ4v) is 2.62. The van der Waals surface area contributed by atoms with E-state index < -0.39 is 0 Å². The van der Waals surface area contributed by atoms with E-state index in [4.69, 9.17) is 0 Å². The molecule has 94 valence electrons. The lowest BCUT2D eigenvalue weighted by molar-refractivity contribution is 0.206. The number of hydrogen-bond acceptors (Lipinski definition) is 2. The summed E-state index contributed by atoms with van der Waals surface area (Å²) in [5, 5.41) is 3.60. The standard InChI is InChI=1S/C15H24N2/c1-2-16-15(14-9-5-3-6-10-14)13-17-11-7-4-8-12-17/h3,5-6,9-10,15-16H,2,4,7-8,11-13H2,1H3/t15-/m0/s1. The van der Waals surface area contributed by atoms with E-state index in [1.165, 1.54) is 37.9 Å². The molecule has 0 aliphatic carbocycles. The van der Waals surface area contributed by atoms with Crippen LogP contribution in [0.2, 0.25) is 0 Å². The van der Waals surface area contributed by atoms with Crippen molar-refractivity contribution in [3.05, 3.63) is 35.9 Å². The van der Waals surface area contributed by atoms with Crippen molar-refractivity contribution in [1.29, 1.82) is 0 Å². The molecular formula is C15H24N2. The highest BCUT2D eigenvalue weighted by molar-refractivity contribution is 5.19. The van der Waals surface area contributed by atoms with E-state index in [9.17, 15) is 0 Å². The Hall–Kier alpha value is -0.860. The van der Waals surface area contributed by atoms with Gasteiger partial charge >= 0.3 is 0 Å². The normalized spacial score (nSPS) is 19.1. The van der Waals surface area contributed by atoms with Gasteiger partial charge in [-0.3, -0.25) is 0 Å². The van der Waals surface area contributed by atoms with Crippen LogP contribution >= 0.6 is 0 Å². The van der Waals surface area contributed by atoms with Crippen LogP contribution in [0.1, 0.15) is 37.8 Å². The Morgan fingerprint density at radius 3 is 2.47 bits per heavy atom. The van der Waals surface area contributed by atoms with Gasteiger partial charge in [-0.2, -0.15) is 0 Å². The van der Waals surface area contributed by atoms with Crippen LogP contribution in [0.25, 0.3) is 0 Å². The minimum atomic E-state index is 0.485. The van der Waals surface area contributed by atoms with Crippen molar-refractivity contribution in [2.45, 2.75) is 32.2 Å². The summed E-state index contributed by atoms with van der Waals surface area (Å²) in [5.74, 6) is 0. The number of rotatable bonds is 5. The van der Waals surface area contributed by atoms with Gasteiger partial charge in [0.15, 0.2) is 0 Å². The van der Waals surface area contributed by atoms with E-state index in [0.29, 0.717) is 6.04 Å². The summed E-state index contributed by atoms with van der Waals surface area (Å²) in [5.41, 5.74) is 1.42. The van der Waals surface area contributed by atoms with Crippen LogP contribution in [0.5, 0.6) is 0 Å². The van der Waals surface area contributed by atoms with Crippen molar-refractivity contribution in [2.75, 3.05) is 26.2 Å². The summed E-state index contributed by atoms with van der Waals surface area (Å²) in [6, 6.07) is 11.3. The quantitative estimate of drug-likeness (QED) is 0.840. The van der Waals surface area contributed by atoms with Crippen LogP contribution in [0, 0.1) is 0 Å². The average molecular weight is 232 g/mol. The van der Waals surface area contributed by atoms with E-state index >= 15 is 0 Å². The first-order chi connectivity index (χ1) is 8.40. The molecule has 1 aromatic rings. The first-order valence-electron chi connectivity index (χ1n) is 6.91. The Morgan fingerprint density at radius 2 is 1.82 bits per heavy atom.